The minimum absolute atomic E-state index is 0.219. The van der Waals surface area contributed by atoms with Crippen molar-refractivity contribution in [1.82, 2.24) is 15.0 Å². The molecule has 1 aromatic heterocycles. The Bertz CT molecular complexity index is 811. The Labute approximate surface area is 143 Å². The molecule has 1 aliphatic rings. The van der Waals surface area contributed by atoms with Gasteiger partial charge in [-0.1, -0.05) is 48.7 Å². The molecule has 24 heavy (non-hydrogen) atoms. The number of benzene rings is 1. The lowest BCUT2D eigenvalue weighted by molar-refractivity contribution is 0.509. The Morgan fingerprint density at radius 3 is 2.58 bits per heavy atom. The second kappa shape index (κ2) is 6.48. The van der Waals surface area contributed by atoms with Crippen LogP contribution in [0.3, 0.4) is 0 Å². The molecule has 3 rings (SSSR count). The summed E-state index contributed by atoms with van der Waals surface area (Å²) in [5.74, 6) is 0. The fraction of sp³-hybridized carbons (Fsp3) is 0.300. The summed E-state index contributed by atoms with van der Waals surface area (Å²) in [6.45, 7) is 16.2. The average Bonchev–Trinajstić information content (AvgIpc) is 3.01. The van der Waals surface area contributed by atoms with Crippen molar-refractivity contribution in [3.8, 4) is 11.3 Å². The van der Waals surface area contributed by atoms with Gasteiger partial charge in [-0.15, -0.1) is 5.10 Å². The molecule has 0 N–H and O–H groups in total. The number of nitrogens with zero attached hydrogens (tertiary/aromatic N) is 4. The van der Waals surface area contributed by atoms with Crippen molar-refractivity contribution in [2.24, 2.45) is 0 Å². The highest BCUT2D eigenvalue weighted by Gasteiger charge is 2.26. The van der Waals surface area contributed by atoms with E-state index in [0.29, 0.717) is 0 Å². The van der Waals surface area contributed by atoms with E-state index in [2.05, 4.69) is 73.4 Å². The molecule has 0 atom stereocenters. The predicted molar refractivity (Wildman–Crippen MR) is 101 cm³/mol. The van der Waals surface area contributed by atoms with Gasteiger partial charge in [0.25, 0.3) is 0 Å². The maximum absolute atomic E-state index is 4.53. The lowest BCUT2D eigenvalue weighted by Gasteiger charge is -2.29. The molecular weight excluding hydrogens is 296 g/mol. The number of hydrogen-bond acceptors (Lipinski definition) is 3. The van der Waals surface area contributed by atoms with Crippen LogP contribution in [0.25, 0.3) is 16.8 Å². The Morgan fingerprint density at radius 1 is 1.21 bits per heavy atom. The third-order valence-electron chi connectivity index (χ3n) is 4.48. The largest absolute Gasteiger partial charge is 0.367 e. The lowest BCUT2D eigenvalue weighted by atomic mass is 9.95. The van der Waals surface area contributed by atoms with Gasteiger partial charge in [0.1, 0.15) is 5.69 Å². The van der Waals surface area contributed by atoms with Crippen LogP contribution in [-0.2, 0) is 0 Å². The molecule has 0 amide bonds. The summed E-state index contributed by atoms with van der Waals surface area (Å²) >= 11 is 0. The van der Waals surface area contributed by atoms with Gasteiger partial charge in [-0.3, -0.25) is 0 Å². The van der Waals surface area contributed by atoms with Crippen molar-refractivity contribution in [1.29, 1.82) is 0 Å². The fourth-order valence-corrected chi connectivity index (χ4v) is 3.25. The van der Waals surface area contributed by atoms with Gasteiger partial charge in [-0.05, 0) is 32.4 Å². The van der Waals surface area contributed by atoms with Crippen molar-refractivity contribution in [2.45, 2.75) is 26.8 Å². The van der Waals surface area contributed by atoms with Crippen LogP contribution in [0.5, 0.6) is 0 Å². The van der Waals surface area contributed by atoms with Crippen molar-refractivity contribution in [3.05, 3.63) is 60.8 Å². The summed E-state index contributed by atoms with van der Waals surface area (Å²) in [4.78, 5) is 2.34. The van der Waals surface area contributed by atoms with Gasteiger partial charge < -0.3 is 4.90 Å². The molecular formula is C20H24N4. The first-order valence-corrected chi connectivity index (χ1v) is 8.40. The standard InChI is InChI=1S/C20H24N4/c1-6-15-13-23(8-3)18-12-10-9-11-17(18)19-20(16(15)7-2)24(14(4)5)22-21-19/h6-7,9-12,14H,1-2,8,13H2,3-5H3/b16-15-. The molecule has 2 aromatic rings. The number of allylic oxidation sites excluding steroid dienone is 2. The quantitative estimate of drug-likeness (QED) is 0.832. The highest BCUT2D eigenvalue weighted by Crippen LogP contribution is 2.39. The molecule has 124 valence electrons. The third kappa shape index (κ3) is 2.48. The molecule has 0 fully saturated rings. The van der Waals surface area contributed by atoms with Crippen LogP contribution in [-0.4, -0.2) is 28.1 Å². The molecule has 0 radical (unpaired) electrons. The minimum Gasteiger partial charge on any atom is -0.367 e. The molecule has 0 saturated heterocycles. The predicted octanol–water partition coefficient (Wildman–Crippen LogP) is 4.49. The molecule has 0 spiro atoms. The number of hydrogen-bond donors (Lipinski definition) is 0. The van der Waals surface area contributed by atoms with Gasteiger partial charge in [0, 0.05) is 36.0 Å². The molecule has 4 nitrogen and oxygen atoms in total. The smallest absolute Gasteiger partial charge is 0.123 e. The van der Waals surface area contributed by atoms with Crippen molar-refractivity contribution < 1.29 is 0 Å². The van der Waals surface area contributed by atoms with Crippen LogP contribution < -0.4 is 4.90 Å². The topological polar surface area (TPSA) is 34.0 Å². The van der Waals surface area contributed by atoms with E-state index in [9.17, 15) is 0 Å². The third-order valence-corrected chi connectivity index (χ3v) is 4.48. The maximum atomic E-state index is 4.53. The molecule has 1 aliphatic heterocycles. The van der Waals surface area contributed by atoms with E-state index in [-0.39, 0.29) is 6.04 Å². The van der Waals surface area contributed by atoms with E-state index >= 15 is 0 Å². The molecule has 0 aliphatic carbocycles. The van der Waals surface area contributed by atoms with Crippen molar-refractivity contribution in [3.63, 3.8) is 0 Å². The molecule has 2 heterocycles. The molecule has 0 bridgehead atoms. The molecule has 0 saturated carbocycles. The van der Waals surface area contributed by atoms with Crippen molar-refractivity contribution in [2.75, 3.05) is 18.0 Å². The fourth-order valence-electron chi connectivity index (χ4n) is 3.25. The van der Waals surface area contributed by atoms with E-state index < -0.39 is 0 Å². The summed E-state index contributed by atoms with van der Waals surface area (Å²) in [6, 6.07) is 8.61. The van der Waals surface area contributed by atoms with E-state index in [4.69, 9.17) is 0 Å². The average molecular weight is 320 g/mol. The van der Waals surface area contributed by atoms with Crippen LogP contribution in [0, 0.1) is 0 Å². The molecule has 4 heteroatoms. The number of rotatable bonds is 4. The zero-order valence-electron chi connectivity index (χ0n) is 14.7. The van der Waals surface area contributed by atoms with Gasteiger partial charge in [-0.25, -0.2) is 4.68 Å². The second-order valence-corrected chi connectivity index (χ2v) is 6.20. The lowest BCUT2D eigenvalue weighted by Crippen LogP contribution is -2.27. The van der Waals surface area contributed by atoms with E-state index in [1.807, 2.05) is 16.8 Å². The highest BCUT2D eigenvalue weighted by molar-refractivity contribution is 5.90. The first-order valence-electron chi connectivity index (χ1n) is 8.40. The van der Waals surface area contributed by atoms with Crippen LogP contribution in [0.1, 0.15) is 32.5 Å². The SMILES string of the molecule is C=C/C1=C(\C=C)c2c(nnn2C(C)C)-c2ccccc2N(CC)C1. The van der Waals surface area contributed by atoms with Gasteiger partial charge in [0.2, 0.25) is 0 Å². The first kappa shape index (κ1) is 16.2. The first-order chi connectivity index (χ1) is 11.6. The number of likely N-dealkylation sites (N-methyl/N-ethyl adjacent to an activating group) is 1. The number of anilines is 1. The van der Waals surface area contributed by atoms with Gasteiger partial charge in [0.05, 0.1) is 5.69 Å². The number of para-hydroxylation sites is 1. The van der Waals surface area contributed by atoms with Crippen LogP contribution in [0.2, 0.25) is 0 Å². The Balaban J connectivity index is 2.40. The summed E-state index contributed by atoms with van der Waals surface area (Å²) in [7, 11) is 0. The van der Waals surface area contributed by atoms with Crippen LogP contribution in [0.4, 0.5) is 5.69 Å². The van der Waals surface area contributed by atoms with E-state index in [1.165, 1.54) is 5.69 Å². The van der Waals surface area contributed by atoms with Crippen molar-refractivity contribution >= 4 is 11.3 Å². The summed E-state index contributed by atoms with van der Waals surface area (Å²) < 4.78 is 1.98. The normalized spacial score (nSPS) is 17.1. The maximum Gasteiger partial charge on any atom is 0.123 e. The summed E-state index contributed by atoms with van der Waals surface area (Å²) in [5, 5.41) is 8.96. The van der Waals surface area contributed by atoms with E-state index in [0.717, 1.165) is 41.2 Å². The second-order valence-electron chi connectivity index (χ2n) is 6.20. The summed E-state index contributed by atoms with van der Waals surface area (Å²) in [5.41, 5.74) is 6.44. The summed E-state index contributed by atoms with van der Waals surface area (Å²) in [6.07, 6.45) is 3.83. The zero-order chi connectivity index (χ0) is 17.3. The Morgan fingerprint density at radius 2 is 1.96 bits per heavy atom. The van der Waals surface area contributed by atoms with Crippen LogP contribution >= 0.6 is 0 Å². The zero-order valence-corrected chi connectivity index (χ0v) is 14.7. The Hall–Kier alpha value is -2.62. The molecule has 1 aromatic carbocycles. The number of fused-ring (bicyclic) bond motifs is 3. The Kier molecular flexibility index (Phi) is 4.38. The molecule has 0 unspecified atom stereocenters. The monoisotopic (exact) mass is 320 g/mol. The van der Waals surface area contributed by atoms with Gasteiger partial charge >= 0.3 is 0 Å². The van der Waals surface area contributed by atoms with Gasteiger partial charge in [0.15, 0.2) is 0 Å². The van der Waals surface area contributed by atoms with E-state index in [1.54, 1.807) is 0 Å². The van der Waals surface area contributed by atoms with Gasteiger partial charge in [-0.2, -0.15) is 0 Å². The highest BCUT2D eigenvalue weighted by atomic mass is 15.4. The minimum atomic E-state index is 0.219. The number of aromatic nitrogens is 3. The van der Waals surface area contributed by atoms with Crippen LogP contribution in [0.15, 0.2) is 55.1 Å².